The number of anilines is 1. The van der Waals surface area contributed by atoms with Crippen LogP contribution in [-0.4, -0.2) is 52.0 Å². The van der Waals surface area contributed by atoms with Gasteiger partial charge in [0.15, 0.2) is 11.5 Å². The summed E-state index contributed by atoms with van der Waals surface area (Å²) in [5.41, 5.74) is 1.62. The first-order valence-corrected chi connectivity index (χ1v) is 9.44. The highest BCUT2D eigenvalue weighted by molar-refractivity contribution is 7.07. The molecule has 27 heavy (non-hydrogen) atoms. The average molecular weight is 390 g/mol. The maximum absolute atomic E-state index is 12.3. The summed E-state index contributed by atoms with van der Waals surface area (Å²) in [5, 5.41) is 6.46. The monoisotopic (exact) mass is 390 g/mol. The molecule has 1 aromatic carbocycles. The van der Waals surface area contributed by atoms with E-state index in [1.54, 1.807) is 29.2 Å². The number of aryl methyl sites for hydroxylation is 1. The zero-order valence-electron chi connectivity index (χ0n) is 15.5. The number of rotatable bonds is 8. The van der Waals surface area contributed by atoms with Gasteiger partial charge in [0.1, 0.15) is 0 Å². The molecule has 0 aliphatic rings. The van der Waals surface area contributed by atoms with Crippen LogP contribution in [-0.2, 0) is 16.0 Å². The van der Waals surface area contributed by atoms with E-state index in [1.807, 2.05) is 20.8 Å². The van der Waals surface area contributed by atoms with E-state index in [0.717, 1.165) is 11.5 Å². The van der Waals surface area contributed by atoms with Crippen LogP contribution in [0.1, 0.15) is 46.5 Å². The molecule has 0 unspecified atom stereocenters. The maximum Gasteiger partial charge on any atom is 0.352 e. The Kier molecular flexibility index (Phi) is 7.42. The van der Waals surface area contributed by atoms with E-state index in [2.05, 4.69) is 14.9 Å². The van der Waals surface area contributed by atoms with Gasteiger partial charge in [0.25, 0.3) is 11.8 Å². The van der Waals surface area contributed by atoms with Crippen LogP contribution in [0.4, 0.5) is 5.69 Å². The van der Waals surface area contributed by atoms with Crippen molar-refractivity contribution in [3.63, 3.8) is 0 Å². The largest absolute Gasteiger partial charge is 0.451 e. The molecule has 144 valence electrons. The Morgan fingerprint density at radius 1 is 1.11 bits per heavy atom. The summed E-state index contributed by atoms with van der Waals surface area (Å²) in [5.74, 6) is -1.14. The van der Waals surface area contributed by atoms with Gasteiger partial charge in [-0.25, -0.2) is 4.79 Å². The number of carbonyl (C=O) groups excluding carboxylic acids is 3. The normalized spacial score (nSPS) is 10.3. The number of amides is 2. The quantitative estimate of drug-likeness (QED) is 0.695. The van der Waals surface area contributed by atoms with E-state index in [1.165, 1.54) is 0 Å². The van der Waals surface area contributed by atoms with Crippen LogP contribution in [0.15, 0.2) is 24.3 Å². The van der Waals surface area contributed by atoms with Gasteiger partial charge in [0.05, 0.1) is 5.69 Å². The minimum atomic E-state index is -0.614. The second kappa shape index (κ2) is 9.77. The van der Waals surface area contributed by atoms with Crippen molar-refractivity contribution in [1.29, 1.82) is 0 Å². The molecule has 0 bridgehead atoms. The molecule has 2 rings (SSSR count). The molecule has 8 nitrogen and oxygen atoms in total. The first-order chi connectivity index (χ1) is 13.0. The Morgan fingerprint density at radius 3 is 2.37 bits per heavy atom. The van der Waals surface area contributed by atoms with Crippen molar-refractivity contribution in [3.8, 4) is 0 Å². The Labute approximate surface area is 161 Å². The molecule has 1 N–H and O–H groups in total. The van der Waals surface area contributed by atoms with Crippen molar-refractivity contribution in [2.24, 2.45) is 0 Å². The molecule has 0 atom stereocenters. The van der Waals surface area contributed by atoms with Crippen molar-refractivity contribution < 1.29 is 19.1 Å². The fourth-order valence-electron chi connectivity index (χ4n) is 2.38. The van der Waals surface area contributed by atoms with Gasteiger partial charge in [0.2, 0.25) is 0 Å². The topological polar surface area (TPSA) is 101 Å². The second-order valence-electron chi connectivity index (χ2n) is 5.58. The lowest BCUT2D eigenvalue weighted by Gasteiger charge is -2.18. The first kappa shape index (κ1) is 20.5. The maximum atomic E-state index is 12.3. The molecule has 2 aromatic rings. The number of nitrogens with zero attached hydrogens (tertiary/aromatic N) is 3. The van der Waals surface area contributed by atoms with Gasteiger partial charge in [-0.1, -0.05) is 11.4 Å². The highest BCUT2D eigenvalue weighted by Gasteiger charge is 2.18. The lowest BCUT2D eigenvalue weighted by molar-refractivity contribution is -0.119. The van der Waals surface area contributed by atoms with E-state index in [9.17, 15) is 14.4 Å². The minimum absolute atomic E-state index is 0.0586. The fraction of sp³-hybridized carbons (Fsp3) is 0.389. The third kappa shape index (κ3) is 5.33. The van der Waals surface area contributed by atoms with Crippen LogP contribution < -0.4 is 5.32 Å². The molecule has 2 amide bonds. The number of benzene rings is 1. The van der Waals surface area contributed by atoms with Crippen molar-refractivity contribution in [2.75, 3.05) is 25.0 Å². The molecule has 0 aliphatic heterocycles. The predicted octanol–water partition coefficient (Wildman–Crippen LogP) is 2.38. The summed E-state index contributed by atoms with van der Waals surface area (Å²) in [6.45, 7) is 6.55. The zero-order chi connectivity index (χ0) is 19.8. The van der Waals surface area contributed by atoms with Crippen LogP contribution in [0.2, 0.25) is 0 Å². The number of esters is 1. The molecule has 0 saturated carbocycles. The van der Waals surface area contributed by atoms with Crippen molar-refractivity contribution in [2.45, 2.75) is 27.2 Å². The summed E-state index contributed by atoms with van der Waals surface area (Å²) in [7, 11) is 0. The Hall–Kier alpha value is -2.81. The molecule has 0 radical (unpaired) electrons. The fourth-order valence-corrected chi connectivity index (χ4v) is 3.02. The molecule has 0 fully saturated rings. The van der Waals surface area contributed by atoms with Gasteiger partial charge >= 0.3 is 5.97 Å². The van der Waals surface area contributed by atoms with Gasteiger partial charge in [-0.15, -0.1) is 5.10 Å². The Morgan fingerprint density at radius 2 is 1.78 bits per heavy atom. The summed E-state index contributed by atoms with van der Waals surface area (Å²) in [6, 6.07) is 6.58. The molecule has 1 heterocycles. The lowest BCUT2D eigenvalue weighted by atomic mass is 10.2. The van der Waals surface area contributed by atoms with Crippen LogP contribution in [0, 0.1) is 0 Å². The number of hydrogen-bond donors (Lipinski definition) is 1. The highest BCUT2D eigenvalue weighted by Crippen LogP contribution is 2.14. The summed E-state index contributed by atoms with van der Waals surface area (Å²) >= 11 is 0.945. The smallest absolute Gasteiger partial charge is 0.352 e. The SMILES string of the molecule is CCc1nnsc1C(=O)OCC(=O)Nc1ccc(C(=O)N(CC)CC)cc1. The molecular weight excluding hydrogens is 368 g/mol. The van der Waals surface area contributed by atoms with Crippen LogP contribution in [0.3, 0.4) is 0 Å². The van der Waals surface area contributed by atoms with Crippen molar-refractivity contribution in [1.82, 2.24) is 14.5 Å². The van der Waals surface area contributed by atoms with Gasteiger partial charge in [-0.05, 0) is 56.1 Å². The number of carbonyl (C=O) groups is 3. The van der Waals surface area contributed by atoms with Crippen LogP contribution >= 0.6 is 11.5 Å². The van der Waals surface area contributed by atoms with E-state index >= 15 is 0 Å². The number of nitrogens with one attached hydrogen (secondary N) is 1. The Bertz CT molecular complexity index is 800. The summed E-state index contributed by atoms with van der Waals surface area (Å²) < 4.78 is 8.72. The second-order valence-corrected chi connectivity index (χ2v) is 6.34. The van der Waals surface area contributed by atoms with Crippen LogP contribution in [0.5, 0.6) is 0 Å². The predicted molar refractivity (Wildman–Crippen MR) is 102 cm³/mol. The summed E-state index contributed by atoms with van der Waals surface area (Å²) in [6.07, 6.45) is 0.561. The van der Waals surface area contributed by atoms with Crippen LogP contribution in [0.25, 0.3) is 0 Å². The highest BCUT2D eigenvalue weighted by atomic mass is 32.1. The summed E-state index contributed by atoms with van der Waals surface area (Å²) in [4.78, 5) is 38.2. The third-order valence-electron chi connectivity index (χ3n) is 3.88. The minimum Gasteiger partial charge on any atom is -0.451 e. The van der Waals surface area contributed by atoms with Gasteiger partial charge < -0.3 is 15.0 Å². The standard InChI is InChI=1S/C18H22N4O4S/c1-4-14-16(27-21-20-14)18(25)26-11-15(23)19-13-9-7-12(8-10-13)17(24)22(5-2)6-3/h7-10H,4-6,11H2,1-3H3,(H,19,23). The molecule has 9 heteroatoms. The van der Waals surface area contributed by atoms with Gasteiger partial charge in [0, 0.05) is 24.3 Å². The van der Waals surface area contributed by atoms with E-state index < -0.39 is 18.5 Å². The number of ether oxygens (including phenoxy) is 1. The van der Waals surface area contributed by atoms with E-state index in [4.69, 9.17) is 4.74 Å². The van der Waals surface area contributed by atoms with Crippen molar-refractivity contribution >= 4 is 35.0 Å². The molecule has 0 saturated heterocycles. The van der Waals surface area contributed by atoms with Crippen molar-refractivity contribution in [3.05, 3.63) is 40.4 Å². The molecule has 0 spiro atoms. The van der Waals surface area contributed by atoms with Gasteiger partial charge in [-0.2, -0.15) is 0 Å². The van der Waals surface area contributed by atoms with E-state index in [0.29, 0.717) is 41.3 Å². The average Bonchev–Trinajstić information content (AvgIpc) is 3.16. The number of aromatic nitrogens is 2. The Balaban J connectivity index is 1.89. The lowest BCUT2D eigenvalue weighted by Crippen LogP contribution is -2.30. The molecule has 0 aliphatic carbocycles. The van der Waals surface area contributed by atoms with E-state index in [-0.39, 0.29) is 5.91 Å². The number of hydrogen-bond acceptors (Lipinski definition) is 7. The zero-order valence-corrected chi connectivity index (χ0v) is 16.3. The molecule has 1 aromatic heterocycles. The van der Waals surface area contributed by atoms with Gasteiger partial charge in [-0.3, -0.25) is 9.59 Å². The first-order valence-electron chi connectivity index (χ1n) is 8.67. The third-order valence-corrected chi connectivity index (χ3v) is 4.62. The molecular formula is C18H22N4O4S.